The molecule has 8 nitrogen and oxygen atoms in total. The molecule has 9 heteroatoms. The molecule has 2 aromatic heterocycles. The number of anilines is 1. The zero-order chi connectivity index (χ0) is 25.3. The molecule has 5 rings (SSSR count). The molecule has 3 N–H and O–H groups in total. The molecule has 0 spiro atoms. The Morgan fingerprint density at radius 3 is 2.53 bits per heavy atom. The van der Waals surface area contributed by atoms with E-state index in [-0.39, 0.29) is 29.0 Å². The fourth-order valence-corrected chi connectivity index (χ4v) is 4.06. The smallest absolute Gasteiger partial charge is 0.322 e. The highest BCUT2D eigenvalue weighted by molar-refractivity contribution is 5.89. The standard InChI is InChI=1S/C27H23FN6O2/c1-3-22(35)34-27(11-12-27)19-7-4-17(5-8-19)24-23(25(29)32-15-31-24)18-6-9-21(20(28)14-18)36-26-30-13-10-16(2)33-26/h3-10,13-15H,1,11-12H2,2H3,(H,34,35)(H2,29,31,32). The molecule has 180 valence electrons. The average Bonchev–Trinajstić information content (AvgIpc) is 3.66. The minimum atomic E-state index is -0.601. The van der Waals surface area contributed by atoms with Crippen molar-refractivity contribution in [3.63, 3.8) is 0 Å². The number of ether oxygens (including phenoxy) is 1. The van der Waals surface area contributed by atoms with Gasteiger partial charge in [-0.15, -0.1) is 0 Å². The van der Waals surface area contributed by atoms with Crippen LogP contribution in [0.2, 0.25) is 0 Å². The SMILES string of the molecule is C=CC(=O)NC1(c2ccc(-c3ncnc(N)c3-c3ccc(Oc4nccc(C)n4)c(F)c3)cc2)CC1. The maximum absolute atomic E-state index is 15.0. The molecule has 0 radical (unpaired) electrons. The molecule has 1 amide bonds. The van der Waals surface area contributed by atoms with E-state index in [9.17, 15) is 4.79 Å². The van der Waals surface area contributed by atoms with Crippen LogP contribution in [-0.2, 0) is 10.3 Å². The number of hydrogen-bond donors (Lipinski definition) is 2. The van der Waals surface area contributed by atoms with Crippen LogP contribution in [0.3, 0.4) is 0 Å². The van der Waals surface area contributed by atoms with Gasteiger partial charge in [-0.25, -0.2) is 24.3 Å². The van der Waals surface area contributed by atoms with Crippen molar-refractivity contribution < 1.29 is 13.9 Å². The molecule has 0 aliphatic heterocycles. The Morgan fingerprint density at radius 2 is 1.86 bits per heavy atom. The van der Waals surface area contributed by atoms with Crippen molar-refractivity contribution in [2.24, 2.45) is 0 Å². The molecule has 0 unspecified atom stereocenters. The number of aromatic nitrogens is 4. The van der Waals surface area contributed by atoms with E-state index in [1.165, 1.54) is 24.5 Å². The number of hydrogen-bond acceptors (Lipinski definition) is 7. The van der Waals surface area contributed by atoms with Crippen molar-refractivity contribution >= 4 is 11.7 Å². The number of carbonyl (C=O) groups is 1. The van der Waals surface area contributed by atoms with Gasteiger partial charge in [-0.3, -0.25) is 4.79 Å². The minimum absolute atomic E-state index is 0.0121. The van der Waals surface area contributed by atoms with E-state index in [1.54, 1.807) is 25.3 Å². The molecular formula is C27H23FN6O2. The molecule has 2 heterocycles. The van der Waals surface area contributed by atoms with E-state index in [2.05, 4.69) is 31.8 Å². The summed E-state index contributed by atoms with van der Waals surface area (Å²) in [7, 11) is 0. The van der Waals surface area contributed by atoms with Crippen molar-refractivity contribution in [2.45, 2.75) is 25.3 Å². The van der Waals surface area contributed by atoms with Crippen LogP contribution in [-0.4, -0.2) is 25.8 Å². The Morgan fingerprint density at radius 1 is 1.11 bits per heavy atom. The number of nitrogens with two attached hydrogens (primary N) is 1. The summed E-state index contributed by atoms with van der Waals surface area (Å²) in [5.41, 5.74) is 9.90. The van der Waals surface area contributed by atoms with E-state index in [1.807, 2.05) is 24.3 Å². The number of nitrogens with one attached hydrogen (secondary N) is 1. The largest absolute Gasteiger partial charge is 0.421 e. The van der Waals surface area contributed by atoms with Crippen LogP contribution in [0.1, 0.15) is 24.1 Å². The number of aryl methyl sites for hydroxylation is 1. The first-order chi connectivity index (χ1) is 17.4. The summed E-state index contributed by atoms with van der Waals surface area (Å²) in [6.07, 6.45) is 5.91. The molecule has 1 saturated carbocycles. The molecule has 1 fully saturated rings. The number of nitrogen functional groups attached to an aromatic ring is 1. The predicted octanol–water partition coefficient (Wildman–Crippen LogP) is 4.71. The van der Waals surface area contributed by atoms with Crippen LogP contribution >= 0.6 is 0 Å². The summed E-state index contributed by atoms with van der Waals surface area (Å²) in [5, 5.41) is 3.01. The van der Waals surface area contributed by atoms with Crippen LogP contribution in [0.15, 0.2) is 73.7 Å². The van der Waals surface area contributed by atoms with Crippen LogP contribution in [0.25, 0.3) is 22.4 Å². The maximum atomic E-state index is 15.0. The summed E-state index contributed by atoms with van der Waals surface area (Å²) in [6.45, 7) is 5.32. The number of carbonyl (C=O) groups excluding carboxylic acids is 1. The van der Waals surface area contributed by atoms with E-state index in [4.69, 9.17) is 10.5 Å². The predicted molar refractivity (Wildman–Crippen MR) is 133 cm³/mol. The van der Waals surface area contributed by atoms with E-state index < -0.39 is 5.82 Å². The maximum Gasteiger partial charge on any atom is 0.322 e. The lowest BCUT2D eigenvalue weighted by Crippen LogP contribution is -2.33. The highest BCUT2D eigenvalue weighted by Gasteiger charge is 2.45. The monoisotopic (exact) mass is 482 g/mol. The lowest BCUT2D eigenvalue weighted by molar-refractivity contribution is -0.117. The fourth-order valence-electron chi connectivity index (χ4n) is 4.06. The van der Waals surface area contributed by atoms with Crippen LogP contribution in [0.4, 0.5) is 10.2 Å². The summed E-state index contributed by atoms with van der Waals surface area (Å²) in [5.74, 6) is -0.598. The number of benzene rings is 2. The molecule has 36 heavy (non-hydrogen) atoms. The fraction of sp³-hybridized carbons (Fsp3) is 0.148. The summed E-state index contributed by atoms with van der Waals surface area (Å²) in [6, 6.07) is 14.0. The first kappa shape index (κ1) is 23.1. The van der Waals surface area contributed by atoms with Crippen LogP contribution in [0.5, 0.6) is 11.8 Å². The van der Waals surface area contributed by atoms with Gasteiger partial charge in [0, 0.05) is 17.5 Å². The summed E-state index contributed by atoms with van der Waals surface area (Å²) >= 11 is 0. The van der Waals surface area contributed by atoms with Gasteiger partial charge in [0.2, 0.25) is 5.91 Å². The lowest BCUT2D eigenvalue weighted by Gasteiger charge is -2.18. The van der Waals surface area contributed by atoms with Gasteiger partial charge in [0.25, 0.3) is 0 Å². The average molecular weight is 483 g/mol. The van der Waals surface area contributed by atoms with E-state index >= 15 is 4.39 Å². The Labute approximate surface area is 207 Å². The topological polar surface area (TPSA) is 116 Å². The quantitative estimate of drug-likeness (QED) is 0.366. The number of halogens is 1. The van der Waals surface area contributed by atoms with Crippen molar-refractivity contribution in [3.05, 3.63) is 90.8 Å². The van der Waals surface area contributed by atoms with Crippen molar-refractivity contribution in [2.75, 3.05) is 5.73 Å². The van der Waals surface area contributed by atoms with Gasteiger partial charge in [-0.2, -0.15) is 0 Å². The Hall–Kier alpha value is -4.66. The Bertz CT molecular complexity index is 1470. The van der Waals surface area contributed by atoms with Crippen molar-refractivity contribution in [1.29, 1.82) is 0 Å². The van der Waals surface area contributed by atoms with E-state index in [0.717, 1.165) is 24.0 Å². The summed E-state index contributed by atoms with van der Waals surface area (Å²) in [4.78, 5) is 28.5. The molecule has 4 aromatic rings. The van der Waals surface area contributed by atoms with Gasteiger partial charge in [0.1, 0.15) is 12.1 Å². The molecule has 1 aliphatic carbocycles. The number of amides is 1. The molecule has 0 atom stereocenters. The second kappa shape index (κ2) is 9.18. The summed E-state index contributed by atoms with van der Waals surface area (Å²) < 4.78 is 20.5. The highest BCUT2D eigenvalue weighted by Crippen LogP contribution is 2.46. The van der Waals surface area contributed by atoms with Crippen LogP contribution < -0.4 is 15.8 Å². The second-order valence-electron chi connectivity index (χ2n) is 8.56. The van der Waals surface area contributed by atoms with Crippen LogP contribution in [0, 0.1) is 12.7 Å². The molecule has 1 aliphatic rings. The minimum Gasteiger partial charge on any atom is -0.421 e. The van der Waals surface area contributed by atoms with Gasteiger partial charge < -0.3 is 15.8 Å². The molecule has 0 bridgehead atoms. The molecular weight excluding hydrogens is 459 g/mol. The van der Waals surface area contributed by atoms with Gasteiger partial charge in [-0.05, 0) is 55.2 Å². The zero-order valence-electron chi connectivity index (χ0n) is 19.5. The van der Waals surface area contributed by atoms with Crippen molar-refractivity contribution in [3.8, 4) is 34.1 Å². The normalized spacial score (nSPS) is 13.6. The first-order valence-electron chi connectivity index (χ1n) is 11.3. The number of nitrogens with zero attached hydrogens (tertiary/aromatic N) is 4. The van der Waals surface area contributed by atoms with Gasteiger partial charge >= 0.3 is 6.01 Å². The Kier molecular flexibility index (Phi) is 5.89. The third-order valence-electron chi connectivity index (χ3n) is 6.08. The Balaban J connectivity index is 1.46. The highest BCUT2D eigenvalue weighted by atomic mass is 19.1. The molecule has 2 aromatic carbocycles. The third kappa shape index (κ3) is 4.50. The number of rotatable bonds is 7. The van der Waals surface area contributed by atoms with Gasteiger partial charge in [0.05, 0.1) is 16.8 Å². The molecule has 0 saturated heterocycles. The van der Waals surface area contributed by atoms with Gasteiger partial charge in [-0.1, -0.05) is 36.9 Å². The van der Waals surface area contributed by atoms with E-state index in [0.29, 0.717) is 22.5 Å². The zero-order valence-corrected chi connectivity index (χ0v) is 19.5. The third-order valence-corrected chi connectivity index (χ3v) is 6.08. The van der Waals surface area contributed by atoms with Crippen molar-refractivity contribution in [1.82, 2.24) is 25.3 Å². The second-order valence-corrected chi connectivity index (χ2v) is 8.56. The van der Waals surface area contributed by atoms with Gasteiger partial charge in [0.15, 0.2) is 11.6 Å². The first-order valence-corrected chi connectivity index (χ1v) is 11.3. The lowest BCUT2D eigenvalue weighted by atomic mass is 9.97.